The van der Waals surface area contributed by atoms with E-state index in [-0.39, 0.29) is 33.0 Å². The molecule has 0 aliphatic carbocycles. The number of phenols is 1. The van der Waals surface area contributed by atoms with Crippen LogP contribution in [0.4, 0.5) is 40.3 Å². The van der Waals surface area contributed by atoms with Crippen LogP contribution in [-0.2, 0) is 25.0 Å². The van der Waals surface area contributed by atoms with Gasteiger partial charge >= 0.3 is 0 Å². The molecule has 19 nitrogen and oxygen atoms in total. The molecule has 56 heavy (non-hydrogen) atoms. The summed E-state index contributed by atoms with van der Waals surface area (Å²) in [6, 6.07) is 18.4. The molecule has 0 unspecified atom stereocenters. The molecular formula is C32H24BrClN8O11S3. The van der Waals surface area contributed by atoms with Crippen LogP contribution in [0.5, 0.6) is 5.75 Å². The molecule has 0 fully saturated rings. The first kappa shape index (κ1) is 40.3. The number of nitrogens with one attached hydrogen (secondary N) is 3. The molecule has 0 atom stereocenters. The molecule has 5 aromatic carbocycles. The summed E-state index contributed by atoms with van der Waals surface area (Å²) in [6.07, 6.45) is 0. The van der Waals surface area contributed by atoms with Gasteiger partial charge in [0.05, 0.1) is 20.5 Å². The maximum atomic E-state index is 12.5. The van der Waals surface area contributed by atoms with Gasteiger partial charge in [-0.2, -0.15) is 31.8 Å². The van der Waals surface area contributed by atoms with Crippen LogP contribution in [0.15, 0.2) is 115 Å². The number of benzene rings is 5. The van der Waals surface area contributed by atoms with Gasteiger partial charge in [0.25, 0.3) is 26.1 Å². The minimum atomic E-state index is -5.11. The van der Waals surface area contributed by atoms with Gasteiger partial charge in [0, 0.05) is 22.1 Å². The summed E-state index contributed by atoms with van der Waals surface area (Å²) in [6.45, 7) is 3.41. The van der Waals surface area contributed by atoms with E-state index in [0.717, 1.165) is 41.1 Å². The van der Waals surface area contributed by atoms with Gasteiger partial charge in [-0.25, -0.2) is 0 Å². The molecule has 0 aliphatic heterocycles. The summed E-state index contributed by atoms with van der Waals surface area (Å²) >= 11 is 9.12. The third-order valence-corrected chi connectivity index (χ3v) is 10.9. The average molecular weight is 908 g/mol. The third-order valence-electron chi connectivity index (χ3n) is 7.64. The molecule has 0 bridgehead atoms. The highest BCUT2D eigenvalue weighted by Crippen LogP contribution is 2.56. The predicted octanol–water partition coefficient (Wildman–Crippen LogP) is 8.36. The first-order valence-electron chi connectivity index (χ1n) is 15.1. The van der Waals surface area contributed by atoms with Crippen molar-refractivity contribution in [1.82, 2.24) is 15.0 Å². The highest BCUT2D eigenvalue weighted by atomic mass is 79.9. The molecule has 290 valence electrons. The van der Waals surface area contributed by atoms with Crippen molar-refractivity contribution < 1.29 is 49.5 Å². The average Bonchev–Trinajstić information content (AvgIpc) is 3.09. The number of hydrogen-bond acceptors (Lipinski definition) is 16. The fraction of sp³-hybridized carbons (Fsp3) is 0. The molecule has 24 heteroatoms. The summed E-state index contributed by atoms with van der Waals surface area (Å²) in [5.74, 6) is -2.17. The smallest absolute Gasteiger partial charge is 0.296 e. The second kappa shape index (κ2) is 15.3. The Morgan fingerprint density at radius 1 is 0.732 bits per heavy atom. The van der Waals surface area contributed by atoms with Crippen molar-refractivity contribution in [3.63, 3.8) is 0 Å². The summed E-state index contributed by atoms with van der Waals surface area (Å²) in [4.78, 5) is 21.8. The van der Waals surface area contributed by atoms with Crippen molar-refractivity contribution >= 4 is 126 Å². The molecular weight excluding hydrogens is 884 g/mol. The van der Waals surface area contributed by atoms with Gasteiger partial charge in [0.1, 0.15) is 32.0 Å². The minimum Gasteiger partial charge on any atom is -0.505 e. The van der Waals surface area contributed by atoms with Gasteiger partial charge in [-0.3, -0.25) is 13.9 Å². The van der Waals surface area contributed by atoms with Gasteiger partial charge in [0.2, 0.25) is 17.2 Å². The Morgan fingerprint density at radius 2 is 1.36 bits per heavy atom. The number of halogens is 2. The van der Waals surface area contributed by atoms with Crippen LogP contribution in [-0.4, -0.2) is 65.6 Å². The lowest BCUT2D eigenvalue weighted by atomic mass is 10.1. The van der Waals surface area contributed by atoms with E-state index in [0.29, 0.717) is 11.8 Å². The number of anilines is 5. The number of phenolic OH excluding ortho intramolecular Hbond substituents is 1. The Kier molecular flexibility index (Phi) is 11.0. The molecule has 0 saturated heterocycles. The van der Waals surface area contributed by atoms with Crippen molar-refractivity contribution in [3.05, 3.63) is 95.2 Å². The Labute approximate surface area is 331 Å². The van der Waals surface area contributed by atoms with E-state index in [2.05, 4.69) is 63.6 Å². The van der Waals surface area contributed by atoms with Crippen molar-refractivity contribution in [1.29, 1.82) is 0 Å². The number of aromatic hydroxyl groups is 1. The lowest BCUT2D eigenvalue weighted by Crippen LogP contribution is -2.10. The van der Waals surface area contributed by atoms with E-state index in [9.17, 15) is 49.5 Å². The summed E-state index contributed by atoms with van der Waals surface area (Å²) in [5, 5.41) is 27.6. The van der Waals surface area contributed by atoms with Crippen LogP contribution in [0, 0.1) is 0 Å². The quantitative estimate of drug-likeness (QED) is 0.0335. The van der Waals surface area contributed by atoms with Gasteiger partial charge < -0.3 is 34.7 Å². The lowest BCUT2D eigenvalue weighted by Gasteiger charge is -2.23. The van der Waals surface area contributed by atoms with Gasteiger partial charge in [-0.15, -0.1) is 10.2 Å². The van der Waals surface area contributed by atoms with Crippen LogP contribution >= 0.6 is 38.4 Å². The van der Waals surface area contributed by atoms with E-state index in [1.54, 1.807) is 12.1 Å². The fourth-order valence-corrected chi connectivity index (χ4v) is 7.51. The van der Waals surface area contributed by atoms with Crippen molar-refractivity contribution in [3.8, 4) is 5.75 Å². The zero-order valence-corrected chi connectivity index (χ0v) is 32.4. The Balaban J connectivity index is 1.52. The Bertz CT molecular complexity index is 2870. The third kappa shape index (κ3) is 8.71. The minimum absolute atomic E-state index is 0.0496. The number of aromatic nitrogens is 3. The van der Waals surface area contributed by atoms with E-state index >= 15 is 0 Å². The highest BCUT2D eigenvalue weighted by molar-refractivity contribution is 9.12. The Morgan fingerprint density at radius 3 is 2.00 bits per heavy atom. The molecule has 0 spiro atoms. The SMILES string of the molecule is C=C(Br)C(=O)Nc1ccc(S(=O)(=O)O)c(N=Nc2c(S(O)(O)O)cc3c(S(=O)(=O)O)ccc(Nc4nc(Cl)nc(Nc5cccc6ccccc56)n4)c3c2O)c1. The number of carbonyl (C=O) groups excluding carboxylic acids is 1. The van der Waals surface area contributed by atoms with Gasteiger partial charge in [0.15, 0.2) is 5.75 Å². The Hall–Kier alpha value is -5.34. The fourth-order valence-electron chi connectivity index (χ4n) is 5.30. The van der Waals surface area contributed by atoms with E-state index < -0.39 is 79.6 Å². The van der Waals surface area contributed by atoms with E-state index in [4.69, 9.17) is 11.6 Å². The molecule has 6 aromatic rings. The molecule has 0 aliphatic rings. The van der Waals surface area contributed by atoms with Gasteiger partial charge in [-0.05, 0) is 75.4 Å². The predicted molar refractivity (Wildman–Crippen MR) is 212 cm³/mol. The number of nitrogens with zero attached hydrogens (tertiary/aromatic N) is 5. The number of fused-ring (bicyclic) bond motifs is 2. The van der Waals surface area contributed by atoms with E-state index in [1.165, 1.54) is 0 Å². The highest BCUT2D eigenvalue weighted by Gasteiger charge is 2.30. The maximum Gasteiger partial charge on any atom is 0.296 e. The standard InChI is InChI=1S/C32H24BrClN8O11S3/c1-15(33)29(44)35-17-9-11-24(55(48,49)50)22(13-17)41-42-27-25(56(51,52)53)14-19-23(54(45,46)47)12-10-21(26(19)28(27)43)37-32-39-30(34)38-31(40-32)36-20-8-4-6-16-5-2-3-7-18(16)20/h2-14,43,51-53H,1H2,(H,35,44)(H,45,46,47)(H,48,49,50)(H2,36,37,38,39,40). The molecule has 0 saturated carbocycles. The zero-order chi connectivity index (χ0) is 40.7. The molecule has 1 aromatic heterocycles. The monoisotopic (exact) mass is 906 g/mol. The normalized spacial score (nSPS) is 12.6. The molecule has 0 radical (unpaired) electrons. The maximum absolute atomic E-state index is 12.5. The number of rotatable bonds is 11. The van der Waals surface area contributed by atoms with Crippen LogP contribution < -0.4 is 16.0 Å². The van der Waals surface area contributed by atoms with Crippen LogP contribution in [0.2, 0.25) is 5.28 Å². The lowest BCUT2D eigenvalue weighted by molar-refractivity contribution is -0.112. The number of hydrogen-bond donors (Lipinski definition) is 9. The van der Waals surface area contributed by atoms with Crippen molar-refractivity contribution in [2.24, 2.45) is 10.2 Å². The molecule has 1 amide bonds. The van der Waals surface area contributed by atoms with Crippen LogP contribution in [0.25, 0.3) is 21.5 Å². The molecule has 6 rings (SSSR count). The first-order chi connectivity index (χ1) is 26.2. The topological polar surface area (TPSA) is 306 Å². The number of amides is 1. The summed E-state index contributed by atoms with van der Waals surface area (Å²) in [5.41, 5.74) is -1.31. The number of carbonyl (C=O) groups is 1. The zero-order valence-electron chi connectivity index (χ0n) is 27.7. The summed E-state index contributed by atoms with van der Waals surface area (Å²) < 4.78 is 100. The van der Waals surface area contributed by atoms with Crippen molar-refractivity contribution in [2.75, 3.05) is 16.0 Å². The largest absolute Gasteiger partial charge is 0.505 e. The van der Waals surface area contributed by atoms with E-state index in [1.807, 2.05) is 30.3 Å². The first-order valence-corrected chi connectivity index (χ1v) is 20.7. The van der Waals surface area contributed by atoms with Crippen LogP contribution in [0.3, 0.4) is 0 Å². The van der Waals surface area contributed by atoms with Gasteiger partial charge in [-0.1, -0.05) is 43.0 Å². The molecule has 1 heterocycles. The van der Waals surface area contributed by atoms with Crippen molar-refractivity contribution in [2.45, 2.75) is 14.7 Å². The summed E-state index contributed by atoms with van der Waals surface area (Å²) in [7, 11) is -15.1. The molecule has 9 N–H and O–H groups in total. The van der Waals surface area contributed by atoms with Crippen LogP contribution in [0.1, 0.15) is 0 Å². The second-order valence-electron chi connectivity index (χ2n) is 11.3. The number of azo groups is 1. The second-order valence-corrected chi connectivity index (χ2v) is 16.9.